The molecule has 1 aromatic rings. The van der Waals surface area contributed by atoms with Gasteiger partial charge in [-0.05, 0) is 80.0 Å². The van der Waals surface area contributed by atoms with Crippen molar-refractivity contribution < 1.29 is 18.4 Å². The number of rotatable bonds is 6. The number of benzene rings is 1. The summed E-state index contributed by atoms with van der Waals surface area (Å²) in [6, 6.07) is 10.7. The van der Waals surface area contributed by atoms with E-state index in [0.29, 0.717) is 30.6 Å². The molecule has 1 aromatic carbocycles. The Hall–Kier alpha value is -1.06. The van der Waals surface area contributed by atoms with Crippen LogP contribution < -0.4 is 0 Å². The Balaban J connectivity index is 1.68. The van der Waals surface area contributed by atoms with Crippen LogP contribution in [0.4, 0.5) is 0 Å². The minimum absolute atomic E-state index is 0.121. The molecule has 2 saturated heterocycles. The summed E-state index contributed by atoms with van der Waals surface area (Å²) in [5.41, 5.74) is 1.28. The van der Waals surface area contributed by atoms with Gasteiger partial charge in [0.05, 0.1) is 23.4 Å². The molecule has 2 saturated carbocycles. The molecule has 216 valence electrons. The van der Waals surface area contributed by atoms with Gasteiger partial charge in [-0.1, -0.05) is 71.0 Å². The van der Waals surface area contributed by atoms with Crippen LogP contribution in [0.1, 0.15) is 72.3 Å². The Morgan fingerprint density at radius 3 is 2.36 bits per heavy atom. The van der Waals surface area contributed by atoms with Gasteiger partial charge in [0.1, 0.15) is 5.78 Å². The molecule has 0 radical (unpaired) electrons. The number of carbonyl (C=O) groups is 1. The summed E-state index contributed by atoms with van der Waals surface area (Å²) < 4.78 is 22.0. The second kappa shape index (κ2) is 9.48. The Labute approximate surface area is 239 Å². The van der Waals surface area contributed by atoms with Crippen LogP contribution in [0, 0.1) is 23.7 Å². The van der Waals surface area contributed by atoms with Crippen molar-refractivity contribution in [2.45, 2.75) is 121 Å². The molecule has 6 heteroatoms. The van der Waals surface area contributed by atoms with Crippen LogP contribution in [-0.2, 0) is 18.4 Å². The molecule has 0 unspecified atom stereocenters. The molecule has 2 heterocycles. The first-order chi connectivity index (χ1) is 17.9. The zero-order chi connectivity index (χ0) is 28.6. The molecule has 4 aliphatic rings. The molecule has 2 aliphatic carbocycles. The van der Waals surface area contributed by atoms with Gasteiger partial charge in [0.15, 0.2) is 16.6 Å². The summed E-state index contributed by atoms with van der Waals surface area (Å²) >= 11 is 0. The topological polar surface area (TPSA) is 44.8 Å². The number of carbonyl (C=O) groups excluding carboxylic acids is 1. The number of ketones is 1. The first kappa shape index (κ1) is 29.4. The summed E-state index contributed by atoms with van der Waals surface area (Å²) in [6.45, 7) is 23.7. The Morgan fingerprint density at radius 2 is 1.74 bits per heavy atom. The number of fused-ring (bicyclic) bond motifs is 2. The van der Waals surface area contributed by atoms with E-state index < -0.39 is 33.4 Å². The van der Waals surface area contributed by atoms with E-state index in [0.717, 1.165) is 25.7 Å². The van der Waals surface area contributed by atoms with Crippen LogP contribution in [0.15, 0.2) is 35.9 Å². The summed E-state index contributed by atoms with van der Waals surface area (Å²) in [6.07, 6.45) is 6.82. The fraction of sp³-hybridized carbons (Fsp3) is 0.727. The summed E-state index contributed by atoms with van der Waals surface area (Å²) in [5.74, 6) is 1.16. The van der Waals surface area contributed by atoms with Gasteiger partial charge in [-0.15, -0.1) is 0 Å². The zero-order valence-electron chi connectivity index (χ0n) is 26.1. The lowest BCUT2D eigenvalue weighted by Gasteiger charge is -2.59. The third-order valence-corrected chi connectivity index (χ3v) is 16.4. The average Bonchev–Trinajstić information content (AvgIpc) is 3.26. The second-order valence-electron chi connectivity index (χ2n) is 15.8. The normalized spacial score (nSPS) is 39.6. The molecule has 2 bridgehead atoms. The molecule has 4 nitrogen and oxygen atoms in total. The van der Waals surface area contributed by atoms with Gasteiger partial charge in [0, 0.05) is 24.7 Å². The Bertz CT molecular complexity index is 1130. The maximum absolute atomic E-state index is 13.5. The minimum Gasteiger partial charge on any atom is -0.414 e. The highest BCUT2D eigenvalue weighted by Crippen LogP contribution is 2.70. The van der Waals surface area contributed by atoms with Crippen LogP contribution in [0.25, 0.3) is 6.08 Å². The van der Waals surface area contributed by atoms with Crippen molar-refractivity contribution in [3.8, 4) is 0 Å². The maximum Gasteiger partial charge on any atom is 0.192 e. The van der Waals surface area contributed by atoms with E-state index in [1.54, 1.807) is 0 Å². The SMILES string of the molecule is C[C@@H]1C[C@H]2[C@]34O[C@@](CO[Si](C)(C)C(C)(C)C)(C[C@H]3CCC(=O)[C@H]4C)C[C@]2(O[Si](C)(C)C)/C1=C\c1ccccc1. The highest BCUT2D eigenvalue weighted by molar-refractivity contribution is 6.74. The summed E-state index contributed by atoms with van der Waals surface area (Å²) in [7, 11) is -4.00. The predicted molar refractivity (Wildman–Crippen MR) is 165 cm³/mol. The first-order valence-corrected chi connectivity index (χ1v) is 21.6. The first-order valence-electron chi connectivity index (χ1n) is 15.3. The number of ether oxygens (including phenoxy) is 1. The van der Waals surface area contributed by atoms with E-state index in [2.05, 4.69) is 104 Å². The quantitative estimate of drug-likeness (QED) is 0.324. The molecule has 0 aromatic heterocycles. The van der Waals surface area contributed by atoms with E-state index >= 15 is 0 Å². The van der Waals surface area contributed by atoms with E-state index in [1.165, 1.54) is 11.1 Å². The van der Waals surface area contributed by atoms with Crippen molar-refractivity contribution in [3.05, 3.63) is 41.5 Å². The van der Waals surface area contributed by atoms with Crippen molar-refractivity contribution in [3.63, 3.8) is 0 Å². The van der Waals surface area contributed by atoms with Gasteiger partial charge >= 0.3 is 0 Å². The zero-order valence-corrected chi connectivity index (χ0v) is 28.1. The molecular weight excluding hydrogens is 517 g/mol. The summed E-state index contributed by atoms with van der Waals surface area (Å²) in [5, 5.41) is 0.125. The highest BCUT2D eigenvalue weighted by Gasteiger charge is 2.76. The summed E-state index contributed by atoms with van der Waals surface area (Å²) in [4.78, 5) is 13.5. The molecule has 4 fully saturated rings. The van der Waals surface area contributed by atoms with Crippen molar-refractivity contribution in [2.24, 2.45) is 23.7 Å². The highest BCUT2D eigenvalue weighted by atomic mass is 28.4. The van der Waals surface area contributed by atoms with Gasteiger partial charge in [0.2, 0.25) is 0 Å². The van der Waals surface area contributed by atoms with Gasteiger partial charge in [-0.25, -0.2) is 0 Å². The standard InChI is InChI=1S/C33H52O4Si2/c1-23-18-29-32(37-38(6,7)8,27(23)19-25-14-12-11-13-15-25)21-31(22-35-39(9,10)30(3,4)5)20-26-16-17-28(34)24(2)33(26,29)36-31/h11-15,19,23-24,26,29H,16-18,20-22H2,1-10H3/b27-19-/t23-,24-,26-,29-,31+,32+,33-/m1/s1. The third kappa shape index (κ3) is 4.80. The van der Waals surface area contributed by atoms with Gasteiger partial charge in [-0.2, -0.15) is 0 Å². The number of hydrogen-bond acceptors (Lipinski definition) is 4. The average molecular weight is 569 g/mol. The predicted octanol–water partition coefficient (Wildman–Crippen LogP) is 8.25. The molecule has 2 aliphatic heterocycles. The third-order valence-electron chi connectivity index (χ3n) is 11.0. The van der Waals surface area contributed by atoms with Gasteiger partial charge in [-0.3, -0.25) is 4.79 Å². The molecule has 0 N–H and O–H groups in total. The van der Waals surface area contributed by atoms with Crippen molar-refractivity contribution in [1.82, 2.24) is 0 Å². The second-order valence-corrected chi connectivity index (χ2v) is 25.0. The largest absolute Gasteiger partial charge is 0.414 e. The lowest BCUT2D eigenvalue weighted by molar-refractivity contribution is -0.255. The maximum atomic E-state index is 13.5. The molecule has 39 heavy (non-hydrogen) atoms. The Kier molecular flexibility index (Phi) is 7.16. The van der Waals surface area contributed by atoms with E-state index in [1.807, 2.05) is 0 Å². The van der Waals surface area contributed by atoms with Crippen molar-refractivity contribution >= 4 is 28.5 Å². The lowest BCUT2D eigenvalue weighted by atomic mass is 9.59. The van der Waals surface area contributed by atoms with Crippen molar-refractivity contribution in [2.75, 3.05) is 6.61 Å². The molecule has 0 amide bonds. The molecular formula is C33H52O4Si2. The molecule has 5 rings (SSSR count). The van der Waals surface area contributed by atoms with Gasteiger partial charge in [0.25, 0.3) is 0 Å². The van der Waals surface area contributed by atoms with Crippen molar-refractivity contribution in [1.29, 1.82) is 0 Å². The molecule has 1 spiro atoms. The van der Waals surface area contributed by atoms with E-state index in [-0.39, 0.29) is 16.9 Å². The van der Waals surface area contributed by atoms with Crippen LogP contribution in [-0.4, -0.2) is 45.8 Å². The van der Waals surface area contributed by atoms with E-state index in [9.17, 15) is 4.79 Å². The molecule has 7 atom stereocenters. The smallest absolute Gasteiger partial charge is 0.192 e. The fourth-order valence-electron chi connectivity index (χ4n) is 8.34. The minimum atomic E-state index is -2.01. The van der Waals surface area contributed by atoms with Crippen LogP contribution in [0.5, 0.6) is 0 Å². The monoisotopic (exact) mass is 568 g/mol. The van der Waals surface area contributed by atoms with Crippen LogP contribution >= 0.6 is 0 Å². The Morgan fingerprint density at radius 1 is 1.08 bits per heavy atom. The van der Waals surface area contributed by atoms with Crippen LogP contribution in [0.3, 0.4) is 0 Å². The fourth-order valence-corrected chi connectivity index (χ4v) is 10.8. The number of hydrogen-bond donors (Lipinski definition) is 0. The van der Waals surface area contributed by atoms with Gasteiger partial charge < -0.3 is 13.6 Å². The van der Waals surface area contributed by atoms with Crippen LogP contribution in [0.2, 0.25) is 37.8 Å². The lowest BCUT2D eigenvalue weighted by Crippen LogP contribution is -2.67. The van der Waals surface area contributed by atoms with E-state index in [4.69, 9.17) is 13.6 Å². The number of Topliss-reactive ketones (excluding diaryl/α,β-unsaturated/α-hetero) is 1.